The Morgan fingerprint density at radius 2 is 1.78 bits per heavy atom. The standard InChI is InChI=1S/C26H32N8O2S.2C2H4O2/c1-17-14-22(31-30-17)28-24-21-6-5-12-34(21)32-25(29-24)37-20-9-7-18(8-10-20)27-23(35)16-33-13-11-19(15-33)36-26(2,3)4;2*1-2(3)4/h5-10,12,14,19H,11,13,15-16H2,1-4H3,(H,27,35)(H2,28,29,30,31,32);2*1H3,(H,3,4)/t19-;;/m1../s1. The summed E-state index contributed by atoms with van der Waals surface area (Å²) in [5, 5.41) is 33.5. The van der Waals surface area contributed by atoms with Crippen LogP contribution in [0, 0.1) is 6.92 Å². The number of likely N-dealkylation sites (tertiary alicyclic amines) is 1. The molecule has 3 aromatic heterocycles. The normalized spacial score (nSPS) is 14.6. The lowest BCUT2D eigenvalue weighted by atomic mass is 10.2. The van der Waals surface area contributed by atoms with Gasteiger partial charge in [-0.3, -0.25) is 24.4 Å². The third-order valence-corrected chi connectivity index (χ3v) is 6.65. The fourth-order valence-electron chi connectivity index (χ4n) is 4.31. The molecule has 0 bridgehead atoms. The number of rotatable bonds is 8. The molecule has 0 aliphatic carbocycles. The second-order valence-corrected chi connectivity index (χ2v) is 12.3. The van der Waals surface area contributed by atoms with Crippen LogP contribution in [-0.4, -0.2) is 89.1 Å². The zero-order valence-electron chi connectivity index (χ0n) is 26.2. The first-order chi connectivity index (χ1) is 21.2. The Hall–Kier alpha value is -4.47. The number of aryl methyl sites for hydroxylation is 1. The van der Waals surface area contributed by atoms with E-state index in [0.29, 0.717) is 23.3 Å². The summed E-state index contributed by atoms with van der Waals surface area (Å²) in [5.41, 5.74) is 2.41. The van der Waals surface area contributed by atoms with E-state index in [1.165, 1.54) is 11.8 Å². The molecule has 0 unspecified atom stereocenters. The summed E-state index contributed by atoms with van der Waals surface area (Å²) in [4.78, 5) is 38.4. The van der Waals surface area contributed by atoms with Crippen LogP contribution in [0.3, 0.4) is 0 Å². The molecule has 4 aromatic rings. The van der Waals surface area contributed by atoms with E-state index in [0.717, 1.165) is 55.2 Å². The zero-order valence-corrected chi connectivity index (χ0v) is 27.0. The van der Waals surface area contributed by atoms with Gasteiger partial charge in [0, 0.05) is 55.5 Å². The molecule has 4 heterocycles. The molecule has 0 spiro atoms. The van der Waals surface area contributed by atoms with Crippen LogP contribution in [0.15, 0.2) is 58.7 Å². The highest BCUT2D eigenvalue weighted by Gasteiger charge is 2.28. The van der Waals surface area contributed by atoms with Gasteiger partial charge < -0.3 is 25.6 Å². The fourth-order valence-corrected chi connectivity index (χ4v) is 5.05. The Labute approximate surface area is 265 Å². The number of hydrogen-bond donors (Lipinski definition) is 5. The van der Waals surface area contributed by atoms with E-state index in [2.05, 4.69) is 51.6 Å². The van der Waals surface area contributed by atoms with Crippen molar-refractivity contribution in [1.29, 1.82) is 0 Å². The van der Waals surface area contributed by atoms with Gasteiger partial charge in [0.15, 0.2) is 11.6 Å². The summed E-state index contributed by atoms with van der Waals surface area (Å²) >= 11 is 1.45. The van der Waals surface area contributed by atoms with Crippen LogP contribution in [0.5, 0.6) is 0 Å². The molecule has 1 aliphatic heterocycles. The lowest BCUT2D eigenvalue weighted by Crippen LogP contribution is -2.34. The molecule has 0 saturated carbocycles. The van der Waals surface area contributed by atoms with E-state index in [1.54, 1.807) is 4.52 Å². The van der Waals surface area contributed by atoms with Gasteiger partial charge in [-0.05, 0) is 82.3 Å². The van der Waals surface area contributed by atoms with Crippen LogP contribution in [0.2, 0.25) is 0 Å². The van der Waals surface area contributed by atoms with Crippen LogP contribution in [0.25, 0.3) is 5.52 Å². The molecule has 15 heteroatoms. The number of aromatic amines is 1. The minimum Gasteiger partial charge on any atom is -0.481 e. The molecule has 1 atom stereocenters. The molecule has 5 N–H and O–H groups in total. The third kappa shape index (κ3) is 12.6. The van der Waals surface area contributed by atoms with Crippen molar-refractivity contribution >= 4 is 52.4 Å². The number of fused-ring (bicyclic) bond motifs is 1. The molecule has 1 fully saturated rings. The quantitative estimate of drug-likeness (QED) is 0.179. The van der Waals surface area contributed by atoms with E-state index in [-0.39, 0.29) is 17.6 Å². The van der Waals surface area contributed by atoms with Gasteiger partial charge in [0.1, 0.15) is 5.52 Å². The van der Waals surface area contributed by atoms with Gasteiger partial charge in [0.05, 0.1) is 18.2 Å². The van der Waals surface area contributed by atoms with Gasteiger partial charge in [-0.1, -0.05) is 0 Å². The number of H-pyrrole nitrogens is 1. The van der Waals surface area contributed by atoms with Gasteiger partial charge in [-0.15, -0.1) is 5.10 Å². The summed E-state index contributed by atoms with van der Waals surface area (Å²) in [7, 11) is 0. The molecule has 1 amide bonds. The third-order valence-electron chi connectivity index (χ3n) is 5.79. The van der Waals surface area contributed by atoms with E-state index >= 15 is 0 Å². The van der Waals surface area contributed by atoms with Crippen LogP contribution in [0.4, 0.5) is 17.3 Å². The number of amides is 1. The minimum absolute atomic E-state index is 0.0254. The first-order valence-electron chi connectivity index (χ1n) is 14.2. The molecule has 1 saturated heterocycles. The number of nitrogens with one attached hydrogen (secondary N) is 3. The van der Waals surface area contributed by atoms with Crippen molar-refractivity contribution in [3.63, 3.8) is 0 Å². The zero-order chi connectivity index (χ0) is 33.1. The van der Waals surface area contributed by atoms with Crippen LogP contribution < -0.4 is 10.6 Å². The topological polar surface area (TPSA) is 187 Å². The number of aromatic nitrogens is 5. The molecule has 1 aromatic carbocycles. The minimum atomic E-state index is -0.833. The van der Waals surface area contributed by atoms with E-state index in [9.17, 15) is 4.79 Å². The van der Waals surface area contributed by atoms with Crippen molar-refractivity contribution in [3.05, 3.63) is 54.4 Å². The van der Waals surface area contributed by atoms with E-state index < -0.39 is 11.9 Å². The van der Waals surface area contributed by atoms with Gasteiger partial charge in [0.25, 0.3) is 11.9 Å². The molecule has 45 heavy (non-hydrogen) atoms. The van der Waals surface area contributed by atoms with Crippen molar-refractivity contribution in [1.82, 2.24) is 29.7 Å². The summed E-state index contributed by atoms with van der Waals surface area (Å²) < 4.78 is 7.84. The number of nitrogens with zero attached hydrogens (tertiary/aromatic N) is 5. The van der Waals surface area contributed by atoms with Crippen LogP contribution >= 0.6 is 11.8 Å². The summed E-state index contributed by atoms with van der Waals surface area (Å²) in [6.07, 6.45) is 3.01. The number of carbonyl (C=O) groups is 3. The maximum absolute atomic E-state index is 12.6. The summed E-state index contributed by atoms with van der Waals surface area (Å²) in [6, 6.07) is 13.5. The van der Waals surface area contributed by atoms with Gasteiger partial charge in [-0.2, -0.15) is 5.10 Å². The molecule has 0 radical (unpaired) electrons. The summed E-state index contributed by atoms with van der Waals surface area (Å²) in [6.45, 7) is 12.3. The fraction of sp³-hybridized carbons (Fsp3) is 0.400. The predicted molar refractivity (Wildman–Crippen MR) is 171 cm³/mol. The largest absolute Gasteiger partial charge is 0.481 e. The van der Waals surface area contributed by atoms with E-state index in [1.807, 2.05) is 55.6 Å². The highest BCUT2D eigenvalue weighted by atomic mass is 32.2. The van der Waals surface area contributed by atoms with Crippen molar-refractivity contribution in [2.75, 3.05) is 30.3 Å². The van der Waals surface area contributed by atoms with Crippen molar-refractivity contribution < 1.29 is 29.3 Å². The number of aliphatic carboxylic acids is 2. The Kier molecular flexibility index (Phi) is 12.5. The smallest absolute Gasteiger partial charge is 0.300 e. The number of benzene rings is 1. The first-order valence-corrected chi connectivity index (χ1v) is 15.0. The Morgan fingerprint density at radius 1 is 1.11 bits per heavy atom. The molecular formula is C30H40N8O6S. The average molecular weight is 641 g/mol. The number of carboxylic acids is 2. The second kappa shape index (κ2) is 16.0. The second-order valence-electron chi connectivity index (χ2n) is 11.2. The Balaban J connectivity index is 0.000000619. The van der Waals surface area contributed by atoms with Crippen molar-refractivity contribution in [2.45, 2.75) is 69.7 Å². The average Bonchev–Trinajstić information content (AvgIpc) is 3.65. The van der Waals surface area contributed by atoms with Crippen molar-refractivity contribution in [3.8, 4) is 0 Å². The molecule has 14 nitrogen and oxygen atoms in total. The maximum Gasteiger partial charge on any atom is 0.300 e. The van der Waals surface area contributed by atoms with Gasteiger partial charge >= 0.3 is 0 Å². The monoisotopic (exact) mass is 640 g/mol. The number of carboxylic acid groups (broad SMARTS) is 2. The SMILES string of the molecule is CC(=O)O.CC(=O)O.Cc1cc(Nc2nc(Sc3ccc(NC(=O)CN4CC[C@@H](OC(C)(C)C)C4)cc3)nn3cccc23)n[nH]1. The van der Waals surface area contributed by atoms with Crippen LogP contribution in [-0.2, 0) is 19.1 Å². The number of carbonyl (C=O) groups excluding carboxylic acids is 1. The van der Waals surface area contributed by atoms with Crippen molar-refractivity contribution in [2.24, 2.45) is 0 Å². The lowest BCUT2D eigenvalue weighted by molar-refractivity contribution is -0.135. The predicted octanol–water partition coefficient (Wildman–Crippen LogP) is 4.67. The number of anilines is 3. The first kappa shape index (κ1) is 35.0. The molecule has 5 rings (SSSR count). The molecule has 242 valence electrons. The van der Waals surface area contributed by atoms with E-state index in [4.69, 9.17) is 29.5 Å². The van der Waals surface area contributed by atoms with Crippen LogP contribution in [0.1, 0.15) is 46.7 Å². The van der Waals surface area contributed by atoms with Gasteiger partial charge in [0.2, 0.25) is 11.1 Å². The molecular weight excluding hydrogens is 600 g/mol. The number of hydrogen-bond acceptors (Lipinski definition) is 10. The summed E-state index contributed by atoms with van der Waals surface area (Å²) in [5.74, 6) is -0.320. The highest BCUT2D eigenvalue weighted by molar-refractivity contribution is 7.99. The van der Waals surface area contributed by atoms with Gasteiger partial charge in [-0.25, -0.2) is 9.50 Å². The maximum atomic E-state index is 12.6. The lowest BCUT2D eigenvalue weighted by Gasteiger charge is -2.25. The molecule has 1 aliphatic rings. The Bertz CT molecular complexity index is 1560. The highest BCUT2D eigenvalue weighted by Crippen LogP contribution is 2.29. The Morgan fingerprint density at radius 3 is 2.38 bits per heavy atom. The number of ether oxygens (including phenoxy) is 1.